The summed E-state index contributed by atoms with van der Waals surface area (Å²) in [7, 11) is 4.86. The predicted molar refractivity (Wildman–Crippen MR) is 71.1 cm³/mol. The zero-order chi connectivity index (χ0) is 15.1. The van der Waals surface area contributed by atoms with Gasteiger partial charge in [0.2, 0.25) is 0 Å². The first-order chi connectivity index (χ1) is 9.43. The fourth-order valence-electron chi connectivity index (χ4n) is 1.65. The Balaban J connectivity index is 2.52. The highest BCUT2D eigenvalue weighted by Crippen LogP contribution is 2.02. The van der Waals surface area contributed by atoms with Crippen molar-refractivity contribution in [2.45, 2.75) is 19.0 Å². The molecule has 1 heterocycles. The molecule has 0 aliphatic heterocycles. The van der Waals surface area contributed by atoms with Crippen LogP contribution in [0.1, 0.15) is 12.0 Å². The van der Waals surface area contributed by atoms with E-state index in [2.05, 4.69) is 10.4 Å². The van der Waals surface area contributed by atoms with Gasteiger partial charge in [0.05, 0.1) is 12.7 Å². The summed E-state index contributed by atoms with van der Waals surface area (Å²) < 4.78 is 6.46. The quantitative estimate of drug-likeness (QED) is 0.737. The molecule has 8 nitrogen and oxygen atoms in total. The Bertz CT molecular complexity index is 460. The van der Waals surface area contributed by atoms with Crippen molar-refractivity contribution in [2.24, 2.45) is 7.05 Å². The van der Waals surface area contributed by atoms with Crippen molar-refractivity contribution < 1.29 is 19.4 Å². The van der Waals surface area contributed by atoms with Crippen molar-refractivity contribution in [2.75, 3.05) is 20.8 Å². The van der Waals surface area contributed by atoms with E-state index >= 15 is 0 Å². The van der Waals surface area contributed by atoms with E-state index in [1.54, 1.807) is 31.2 Å². The zero-order valence-electron chi connectivity index (χ0n) is 11.9. The van der Waals surface area contributed by atoms with Crippen LogP contribution in [-0.4, -0.2) is 58.6 Å². The molecule has 0 spiro atoms. The van der Waals surface area contributed by atoms with Crippen LogP contribution >= 0.6 is 0 Å². The molecule has 1 unspecified atom stereocenters. The molecular weight excluding hydrogens is 264 g/mol. The first-order valence-corrected chi connectivity index (χ1v) is 6.15. The Morgan fingerprint density at radius 1 is 1.60 bits per heavy atom. The van der Waals surface area contributed by atoms with Gasteiger partial charge in [-0.1, -0.05) is 0 Å². The molecule has 2 N–H and O–H groups in total. The number of carbonyl (C=O) groups excluding carboxylic acids is 1. The minimum Gasteiger partial charge on any atom is -0.480 e. The van der Waals surface area contributed by atoms with Gasteiger partial charge in [0.15, 0.2) is 0 Å². The molecule has 1 aromatic heterocycles. The number of hydrogen-bond acceptors (Lipinski definition) is 4. The maximum Gasteiger partial charge on any atom is 0.326 e. The maximum absolute atomic E-state index is 11.9. The molecule has 2 amide bonds. The highest BCUT2D eigenvalue weighted by Gasteiger charge is 2.21. The van der Waals surface area contributed by atoms with Crippen LogP contribution < -0.4 is 5.32 Å². The maximum atomic E-state index is 11.9. The normalized spacial score (nSPS) is 11.9. The van der Waals surface area contributed by atoms with Crippen LogP contribution in [0.4, 0.5) is 4.79 Å². The molecule has 1 aromatic rings. The standard InChI is InChI=1S/C12H20N4O4/c1-15(7-9-6-13-16(2)8-9)12(19)14-10(11(17)18)4-5-20-3/h6,8,10H,4-5,7H2,1-3H3,(H,14,19)(H,17,18). The summed E-state index contributed by atoms with van der Waals surface area (Å²) >= 11 is 0. The van der Waals surface area contributed by atoms with Crippen molar-refractivity contribution in [1.29, 1.82) is 0 Å². The number of carbonyl (C=O) groups is 2. The van der Waals surface area contributed by atoms with Gasteiger partial charge in [0, 0.05) is 46.0 Å². The van der Waals surface area contributed by atoms with E-state index in [1.165, 1.54) is 12.0 Å². The van der Waals surface area contributed by atoms with Gasteiger partial charge in [-0.15, -0.1) is 0 Å². The Morgan fingerprint density at radius 2 is 2.30 bits per heavy atom. The molecule has 0 aliphatic rings. The van der Waals surface area contributed by atoms with Gasteiger partial charge in [-0.2, -0.15) is 5.10 Å². The van der Waals surface area contributed by atoms with E-state index in [9.17, 15) is 9.59 Å². The van der Waals surface area contributed by atoms with Crippen LogP contribution in [0.5, 0.6) is 0 Å². The second-order valence-corrected chi connectivity index (χ2v) is 4.50. The summed E-state index contributed by atoms with van der Waals surface area (Å²) in [6, 6.07) is -1.41. The van der Waals surface area contributed by atoms with Crippen LogP contribution in [0.25, 0.3) is 0 Å². The lowest BCUT2D eigenvalue weighted by Gasteiger charge is -2.20. The molecule has 0 bridgehead atoms. The number of nitrogens with zero attached hydrogens (tertiary/aromatic N) is 3. The first-order valence-electron chi connectivity index (χ1n) is 6.15. The third kappa shape index (κ3) is 4.88. The number of aliphatic carboxylic acids is 1. The van der Waals surface area contributed by atoms with Gasteiger partial charge in [-0.25, -0.2) is 9.59 Å². The lowest BCUT2D eigenvalue weighted by atomic mass is 10.2. The average Bonchev–Trinajstić information content (AvgIpc) is 2.79. The van der Waals surface area contributed by atoms with E-state index in [1.807, 2.05) is 0 Å². The molecule has 0 saturated heterocycles. The number of aromatic nitrogens is 2. The van der Waals surface area contributed by atoms with Crippen molar-refractivity contribution in [3.63, 3.8) is 0 Å². The fraction of sp³-hybridized carbons (Fsp3) is 0.583. The van der Waals surface area contributed by atoms with Gasteiger partial charge < -0.3 is 20.1 Å². The third-order valence-corrected chi connectivity index (χ3v) is 2.73. The number of urea groups is 1. The van der Waals surface area contributed by atoms with Gasteiger partial charge >= 0.3 is 12.0 Å². The van der Waals surface area contributed by atoms with Crippen molar-refractivity contribution >= 4 is 12.0 Å². The SMILES string of the molecule is COCCC(NC(=O)N(C)Cc1cnn(C)c1)C(=O)O. The van der Waals surface area contributed by atoms with E-state index in [-0.39, 0.29) is 13.0 Å². The van der Waals surface area contributed by atoms with E-state index in [0.717, 1.165) is 5.56 Å². The van der Waals surface area contributed by atoms with Gasteiger partial charge in [-0.3, -0.25) is 4.68 Å². The van der Waals surface area contributed by atoms with Crippen LogP contribution in [0.15, 0.2) is 12.4 Å². The number of ether oxygens (including phenoxy) is 1. The van der Waals surface area contributed by atoms with Crippen LogP contribution in [0.3, 0.4) is 0 Å². The summed E-state index contributed by atoms with van der Waals surface area (Å²) in [5.74, 6) is -1.08. The predicted octanol–water partition coefficient (Wildman–Crippen LogP) is 0.0512. The number of amides is 2. The Hall–Kier alpha value is -2.09. The van der Waals surface area contributed by atoms with Crippen LogP contribution in [0.2, 0.25) is 0 Å². The van der Waals surface area contributed by atoms with Crippen molar-refractivity contribution in [3.8, 4) is 0 Å². The topological polar surface area (TPSA) is 96.7 Å². The van der Waals surface area contributed by atoms with Gasteiger partial charge in [-0.05, 0) is 0 Å². The van der Waals surface area contributed by atoms with Crippen molar-refractivity contribution in [1.82, 2.24) is 20.0 Å². The van der Waals surface area contributed by atoms with E-state index in [0.29, 0.717) is 6.54 Å². The highest BCUT2D eigenvalue weighted by atomic mass is 16.5. The number of hydrogen-bond donors (Lipinski definition) is 2. The molecule has 20 heavy (non-hydrogen) atoms. The monoisotopic (exact) mass is 284 g/mol. The number of rotatable bonds is 7. The Kier molecular flexibility index (Phi) is 5.98. The largest absolute Gasteiger partial charge is 0.480 e. The molecule has 0 radical (unpaired) electrons. The summed E-state index contributed by atoms with van der Waals surface area (Å²) in [5, 5.41) is 15.5. The number of carboxylic acids is 1. The first kappa shape index (κ1) is 16.0. The van der Waals surface area contributed by atoms with Gasteiger partial charge in [0.25, 0.3) is 0 Å². The summed E-state index contributed by atoms with van der Waals surface area (Å²) in [5.41, 5.74) is 0.869. The summed E-state index contributed by atoms with van der Waals surface area (Å²) in [6.07, 6.45) is 3.67. The zero-order valence-corrected chi connectivity index (χ0v) is 11.9. The summed E-state index contributed by atoms with van der Waals surface area (Å²) in [6.45, 7) is 0.625. The van der Waals surface area contributed by atoms with Crippen LogP contribution in [0, 0.1) is 0 Å². The smallest absolute Gasteiger partial charge is 0.326 e. The Labute approximate surface area is 117 Å². The lowest BCUT2D eigenvalue weighted by molar-refractivity contribution is -0.139. The minimum atomic E-state index is -1.08. The highest BCUT2D eigenvalue weighted by molar-refractivity contribution is 5.82. The van der Waals surface area contributed by atoms with E-state index < -0.39 is 18.0 Å². The second kappa shape index (κ2) is 7.49. The molecule has 0 saturated carbocycles. The lowest BCUT2D eigenvalue weighted by Crippen LogP contribution is -2.46. The minimum absolute atomic E-state index is 0.221. The molecule has 0 aromatic carbocycles. The number of methoxy groups -OCH3 is 1. The molecule has 1 rings (SSSR count). The Morgan fingerprint density at radius 3 is 2.80 bits per heavy atom. The number of nitrogens with one attached hydrogen (secondary N) is 1. The molecular formula is C12H20N4O4. The second-order valence-electron chi connectivity index (χ2n) is 4.50. The molecule has 0 aliphatic carbocycles. The van der Waals surface area contributed by atoms with Gasteiger partial charge in [0.1, 0.15) is 6.04 Å². The fourth-order valence-corrected chi connectivity index (χ4v) is 1.65. The van der Waals surface area contributed by atoms with Crippen molar-refractivity contribution in [3.05, 3.63) is 18.0 Å². The molecule has 112 valence electrons. The molecule has 0 fully saturated rings. The number of aryl methyl sites for hydroxylation is 1. The van der Waals surface area contributed by atoms with E-state index in [4.69, 9.17) is 9.84 Å². The third-order valence-electron chi connectivity index (χ3n) is 2.73. The molecule has 8 heteroatoms. The average molecular weight is 284 g/mol. The molecule has 1 atom stereocenters. The van der Waals surface area contributed by atoms with Crippen LogP contribution in [-0.2, 0) is 23.1 Å². The number of carboxylic acid groups (broad SMARTS) is 1. The summed E-state index contributed by atoms with van der Waals surface area (Å²) in [4.78, 5) is 24.3.